The van der Waals surface area contributed by atoms with Gasteiger partial charge in [-0.1, -0.05) is 97.1 Å². The molecule has 0 spiro atoms. The van der Waals surface area contributed by atoms with Gasteiger partial charge in [0.2, 0.25) is 0 Å². The Bertz CT molecular complexity index is 1860. The highest BCUT2D eigenvalue weighted by molar-refractivity contribution is 5.81. The van der Waals surface area contributed by atoms with E-state index in [0.717, 1.165) is 56.5 Å². The monoisotopic (exact) mass is 565 g/mol. The summed E-state index contributed by atoms with van der Waals surface area (Å²) in [6.07, 6.45) is 1.90. The molecular weight excluding hydrogens is 534 g/mol. The zero-order valence-corrected chi connectivity index (χ0v) is 24.2. The molecule has 7 aromatic rings. The van der Waals surface area contributed by atoms with E-state index in [2.05, 4.69) is 180 Å². The molecule has 210 valence electrons. The number of hydrogen-bond donors (Lipinski definition) is 0. The summed E-state index contributed by atoms with van der Waals surface area (Å²) in [4.78, 5) is 9.31. The van der Waals surface area contributed by atoms with Gasteiger partial charge < -0.3 is 9.80 Å². The lowest BCUT2D eigenvalue weighted by molar-refractivity contribution is 1.27. The molecule has 0 atom stereocenters. The molecule has 0 N–H and O–H groups in total. The Morgan fingerprint density at radius 3 is 1.20 bits per heavy atom. The molecule has 1 heterocycles. The van der Waals surface area contributed by atoms with Crippen LogP contribution in [0, 0.1) is 0 Å². The molecule has 0 saturated heterocycles. The largest absolute Gasteiger partial charge is 0.311 e. The number of nitrogens with zero attached hydrogens (tertiary/aromatic N) is 3. The summed E-state index contributed by atoms with van der Waals surface area (Å²) in [5.41, 5.74) is 10.9. The zero-order chi connectivity index (χ0) is 29.6. The first-order valence-electron chi connectivity index (χ1n) is 14.8. The molecular formula is C41H31N3. The average Bonchev–Trinajstić information content (AvgIpc) is 3.11. The summed E-state index contributed by atoms with van der Waals surface area (Å²) in [5.74, 6) is 0. The van der Waals surface area contributed by atoms with Gasteiger partial charge in [-0.15, -0.1) is 0 Å². The molecule has 0 aliphatic heterocycles. The number of anilines is 6. The number of hydrogen-bond acceptors (Lipinski definition) is 3. The van der Waals surface area contributed by atoms with Crippen LogP contribution in [0.2, 0.25) is 0 Å². The first-order chi connectivity index (χ1) is 21.8. The van der Waals surface area contributed by atoms with E-state index in [0.29, 0.717) is 0 Å². The Morgan fingerprint density at radius 1 is 0.295 bits per heavy atom. The van der Waals surface area contributed by atoms with Gasteiger partial charge in [-0.3, -0.25) is 4.98 Å². The van der Waals surface area contributed by atoms with Crippen LogP contribution >= 0.6 is 0 Å². The van der Waals surface area contributed by atoms with Gasteiger partial charge in [-0.05, 0) is 96.1 Å². The maximum atomic E-state index is 4.75. The van der Waals surface area contributed by atoms with Gasteiger partial charge in [0, 0.05) is 45.9 Å². The molecule has 7 rings (SSSR count). The van der Waals surface area contributed by atoms with Crippen molar-refractivity contribution < 1.29 is 0 Å². The van der Waals surface area contributed by atoms with Crippen molar-refractivity contribution in [2.24, 2.45) is 0 Å². The third-order valence-corrected chi connectivity index (χ3v) is 7.68. The van der Waals surface area contributed by atoms with Crippen LogP contribution in [0.15, 0.2) is 188 Å². The molecule has 0 saturated carbocycles. The van der Waals surface area contributed by atoms with Gasteiger partial charge in [-0.2, -0.15) is 0 Å². The van der Waals surface area contributed by atoms with E-state index in [1.54, 1.807) is 0 Å². The van der Waals surface area contributed by atoms with Crippen molar-refractivity contribution in [3.05, 3.63) is 188 Å². The van der Waals surface area contributed by atoms with E-state index in [9.17, 15) is 0 Å². The van der Waals surface area contributed by atoms with Gasteiger partial charge in [0.05, 0.1) is 5.69 Å². The number of benzene rings is 6. The molecule has 0 aliphatic carbocycles. The first-order valence-corrected chi connectivity index (χ1v) is 14.8. The molecule has 0 fully saturated rings. The normalized spacial score (nSPS) is 10.7. The predicted molar refractivity (Wildman–Crippen MR) is 184 cm³/mol. The zero-order valence-electron chi connectivity index (χ0n) is 24.2. The molecule has 1 aromatic heterocycles. The van der Waals surface area contributed by atoms with Crippen molar-refractivity contribution in [1.82, 2.24) is 4.98 Å². The van der Waals surface area contributed by atoms with Gasteiger partial charge in [0.1, 0.15) is 0 Å². The second-order valence-corrected chi connectivity index (χ2v) is 10.5. The average molecular weight is 566 g/mol. The molecule has 3 heteroatoms. The molecule has 0 amide bonds. The van der Waals surface area contributed by atoms with E-state index in [4.69, 9.17) is 4.98 Å². The van der Waals surface area contributed by atoms with Crippen molar-refractivity contribution in [1.29, 1.82) is 0 Å². The smallest absolute Gasteiger partial charge is 0.0708 e. The Labute approximate surface area is 259 Å². The molecule has 6 aromatic carbocycles. The van der Waals surface area contributed by atoms with E-state index in [-0.39, 0.29) is 0 Å². The summed E-state index contributed by atoms with van der Waals surface area (Å²) in [6, 6.07) is 63.5. The van der Waals surface area contributed by atoms with E-state index in [1.807, 2.05) is 18.3 Å². The molecule has 3 nitrogen and oxygen atoms in total. The highest BCUT2D eigenvalue weighted by Crippen LogP contribution is 2.38. The third-order valence-electron chi connectivity index (χ3n) is 7.68. The van der Waals surface area contributed by atoms with Crippen molar-refractivity contribution in [2.75, 3.05) is 9.80 Å². The minimum atomic E-state index is 0.938. The van der Waals surface area contributed by atoms with Crippen molar-refractivity contribution in [2.45, 2.75) is 0 Å². The van der Waals surface area contributed by atoms with Crippen LogP contribution in [0.3, 0.4) is 0 Å². The van der Waals surface area contributed by atoms with E-state index < -0.39 is 0 Å². The van der Waals surface area contributed by atoms with Crippen LogP contribution in [-0.4, -0.2) is 4.98 Å². The Hall–Kier alpha value is -5.93. The first kappa shape index (κ1) is 26.9. The van der Waals surface area contributed by atoms with Gasteiger partial charge >= 0.3 is 0 Å². The quantitative estimate of drug-likeness (QED) is 0.183. The number of rotatable bonds is 8. The second-order valence-electron chi connectivity index (χ2n) is 10.5. The minimum absolute atomic E-state index is 0.938. The second kappa shape index (κ2) is 12.5. The lowest BCUT2D eigenvalue weighted by Crippen LogP contribution is -2.09. The van der Waals surface area contributed by atoms with E-state index >= 15 is 0 Å². The van der Waals surface area contributed by atoms with Crippen LogP contribution in [-0.2, 0) is 0 Å². The van der Waals surface area contributed by atoms with Crippen LogP contribution in [0.4, 0.5) is 34.1 Å². The van der Waals surface area contributed by atoms with Crippen molar-refractivity contribution >= 4 is 34.1 Å². The lowest BCUT2D eigenvalue weighted by atomic mass is 10.0. The number of pyridine rings is 1. The molecule has 0 aliphatic rings. The highest BCUT2D eigenvalue weighted by atomic mass is 15.1. The number of para-hydroxylation sites is 4. The Balaban J connectivity index is 1.21. The Morgan fingerprint density at radius 2 is 0.705 bits per heavy atom. The summed E-state index contributed by atoms with van der Waals surface area (Å²) < 4.78 is 0. The maximum Gasteiger partial charge on any atom is 0.0708 e. The number of aromatic nitrogens is 1. The summed E-state index contributed by atoms with van der Waals surface area (Å²) in [7, 11) is 0. The fourth-order valence-corrected chi connectivity index (χ4v) is 5.58. The Kier molecular flexibility index (Phi) is 7.66. The summed E-state index contributed by atoms with van der Waals surface area (Å²) in [5, 5.41) is 0. The summed E-state index contributed by atoms with van der Waals surface area (Å²) in [6.45, 7) is 0. The molecule has 0 radical (unpaired) electrons. The minimum Gasteiger partial charge on any atom is -0.311 e. The van der Waals surface area contributed by atoms with Crippen LogP contribution in [0.1, 0.15) is 0 Å². The third kappa shape index (κ3) is 5.72. The van der Waals surface area contributed by atoms with Gasteiger partial charge in [0.15, 0.2) is 0 Å². The van der Waals surface area contributed by atoms with Crippen molar-refractivity contribution in [3.63, 3.8) is 0 Å². The van der Waals surface area contributed by atoms with Crippen LogP contribution in [0.25, 0.3) is 22.4 Å². The topological polar surface area (TPSA) is 19.4 Å². The standard InChI is InChI=1S/C41H31N3/c1-5-15-35(16-6-1)43(36-17-7-2-8-18-36)39-26-24-32(25-27-39)41-31-34(28-29-42-41)33-14-13-23-40(30-33)44(37-19-9-3-10-20-37)38-21-11-4-12-22-38/h1-31H. The fourth-order valence-electron chi connectivity index (χ4n) is 5.58. The van der Waals surface area contributed by atoms with Gasteiger partial charge in [0.25, 0.3) is 0 Å². The SMILES string of the molecule is c1ccc(N(c2ccccc2)c2ccc(-c3cc(-c4cccc(N(c5ccccc5)c5ccccc5)c4)ccn3)cc2)cc1. The lowest BCUT2D eigenvalue weighted by Gasteiger charge is -2.26. The maximum absolute atomic E-state index is 4.75. The van der Waals surface area contributed by atoms with E-state index in [1.165, 1.54) is 0 Å². The van der Waals surface area contributed by atoms with Crippen LogP contribution in [0.5, 0.6) is 0 Å². The molecule has 44 heavy (non-hydrogen) atoms. The van der Waals surface area contributed by atoms with Gasteiger partial charge in [-0.25, -0.2) is 0 Å². The van der Waals surface area contributed by atoms with Crippen LogP contribution < -0.4 is 9.80 Å². The molecule has 0 unspecified atom stereocenters. The molecule has 0 bridgehead atoms. The predicted octanol–water partition coefficient (Wildman–Crippen LogP) is 11.4. The highest BCUT2D eigenvalue weighted by Gasteiger charge is 2.14. The van der Waals surface area contributed by atoms with Crippen molar-refractivity contribution in [3.8, 4) is 22.4 Å². The summed E-state index contributed by atoms with van der Waals surface area (Å²) >= 11 is 0. The fraction of sp³-hybridized carbons (Fsp3) is 0.